The quantitative estimate of drug-likeness (QED) is 0.870. The lowest BCUT2D eigenvalue weighted by Crippen LogP contribution is -2.31. The van der Waals surface area contributed by atoms with Crippen molar-refractivity contribution in [3.63, 3.8) is 0 Å². The molecule has 0 atom stereocenters. The molecule has 2 heterocycles. The molecule has 0 saturated heterocycles. The first-order chi connectivity index (χ1) is 10.4. The number of fused-ring (bicyclic) bond motifs is 1. The van der Waals surface area contributed by atoms with Crippen LogP contribution in [0.3, 0.4) is 0 Å². The van der Waals surface area contributed by atoms with E-state index < -0.39 is 0 Å². The molecule has 0 aliphatic carbocycles. The molecule has 1 aliphatic heterocycles. The molecule has 0 unspecified atom stereocenters. The van der Waals surface area contributed by atoms with E-state index in [-0.39, 0.29) is 17.9 Å². The van der Waals surface area contributed by atoms with Gasteiger partial charge in [-0.1, -0.05) is 13.8 Å². The lowest BCUT2D eigenvalue weighted by molar-refractivity contribution is 0.0932. The Hall–Kier alpha value is -1.85. The summed E-state index contributed by atoms with van der Waals surface area (Å²) in [5.74, 6) is 0.358. The number of rotatable bonds is 5. The molecule has 0 radical (unpaired) electrons. The largest absolute Gasteiger partial charge is 0.349 e. The van der Waals surface area contributed by atoms with Crippen LogP contribution < -0.4 is 10.6 Å². The Morgan fingerprint density at radius 3 is 2.55 bits per heavy atom. The molecular formula is C16H26N4O2. The van der Waals surface area contributed by atoms with E-state index in [0.717, 1.165) is 31.5 Å². The van der Waals surface area contributed by atoms with Gasteiger partial charge in [-0.2, -0.15) is 0 Å². The molecule has 2 N–H and O–H groups in total. The molecule has 0 aromatic carbocycles. The lowest BCUT2D eigenvalue weighted by Gasteiger charge is -2.17. The average Bonchev–Trinajstić information content (AvgIpc) is 2.83. The maximum absolute atomic E-state index is 12.4. The summed E-state index contributed by atoms with van der Waals surface area (Å²) < 4.78 is 1.91. The minimum Gasteiger partial charge on any atom is -0.349 e. The van der Waals surface area contributed by atoms with Gasteiger partial charge in [0.1, 0.15) is 5.69 Å². The SMILES string of the molecule is CC(C)CNC(=O)c1nc(C(=O)NC(C)C)c2n1CCCC2. The van der Waals surface area contributed by atoms with Crippen LogP contribution in [-0.4, -0.2) is 34.0 Å². The van der Waals surface area contributed by atoms with Gasteiger partial charge in [0.2, 0.25) is 0 Å². The van der Waals surface area contributed by atoms with E-state index in [1.165, 1.54) is 0 Å². The predicted molar refractivity (Wildman–Crippen MR) is 84.9 cm³/mol. The molecule has 6 heteroatoms. The number of aromatic nitrogens is 2. The van der Waals surface area contributed by atoms with Crippen molar-refractivity contribution >= 4 is 11.8 Å². The molecule has 6 nitrogen and oxygen atoms in total. The van der Waals surface area contributed by atoms with Crippen molar-refractivity contribution in [3.8, 4) is 0 Å². The monoisotopic (exact) mass is 306 g/mol. The number of hydrogen-bond acceptors (Lipinski definition) is 3. The van der Waals surface area contributed by atoms with Crippen LogP contribution in [-0.2, 0) is 13.0 Å². The van der Waals surface area contributed by atoms with E-state index in [9.17, 15) is 9.59 Å². The lowest BCUT2D eigenvalue weighted by atomic mass is 10.1. The van der Waals surface area contributed by atoms with Crippen LogP contribution in [0.5, 0.6) is 0 Å². The van der Waals surface area contributed by atoms with E-state index in [1.807, 2.05) is 32.3 Å². The summed E-state index contributed by atoms with van der Waals surface area (Å²) >= 11 is 0. The molecule has 1 aliphatic rings. The Balaban J connectivity index is 2.29. The predicted octanol–water partition coefficient (Wildman–Crippen LogP) is 1.74. The second-order valence-corrected chi connectivity index (χ2v) is 6.57. The Bertz CT molecular complexity index is 561. The highest BCUT2D eigenvalue weighted by atomic mass is 16.2. The van der Waals surface area contributed by atoms with Crippen molar-refractivity contribution in [1.82, 2.24) is 20.2 Å². The van der Waals surface area contributed by atoms with Gasteiger partial charge >= 0.3 is 0 Å². The Morgan fingerprint density at radius 2 is 1.91 bits per heavy atom. The van der Waals surface area contributed by atoms with Gasteiger partial charge in [0, 0.05) is 19.1 Å². The van der Waals surface area contributed by atoms with Crippen LogP contribution in [0.1, 0.15) is 67.3 Å². The van der Waals surface area contributed by atoms with E-state index in [0.29, 0.717) is 24.0 Å². The first-order valence-corrected chi connectivity index (χ1v) is 8.08. The molecule has 0 bridgehead atoms. The topological polar surface area (TPSA) is 76.0 Å². The smallest absolute Gasteiger partial charge is 0.287 e. The molecule has 1 aromatic rings. The van der Waals surface area contributed by atoms with Crippen LogP contribution in [0.15, 0.2) is 0 Å². The van der Waals surface area contributed by atoms with Crippen LogP contribution in [0, 0.1) is 5.92 Å². The van der Waals surface area contributed by atoms with Gasteiger partial charge in [0.25, 0.3) is 11.8 Å². The van der Waals surface area contributed by atoms with E-state index in [2.05, 4.69) is 15.6 Å². The number of carbonyl (C=O) groups excluding carboxylic acids is 2. The Kier molecular flexibility index (Phi) is 5.21. The Morgan fingerprint density at radius 1 is 1.18 bits per heavy atom. The number of hydrogen-bond donors (Lipinski definition) is 2. The maximum atomic E-state index is 12.4. The fourth-order valence-electron chi connectivity index (χ4n) is 2.60. The molecule has 0 spiro atoms. The molecule has 122 valence electrons. The number of nitrogens with zero attached hydrogens (tertiary/aromatic N) is 2. The molecule has 0 saturated carbocycles. The summed E-state index contributed by atoms with van der Waals surface area (Å²) in [6, 6.07) is 0.0478. The Labute approximate surface area is 131 Å². The molecule has 1 aromatic heterocycles. The number of imidazole rings is 1. The number of carbonyl (C=O) groups is 2. The minimum absolute atomic E-state index is 0.0478. The van der Waals surface area contributed by atoms with Gasteiger partial charge in [-0.3, -0.25) is 9.59 Å². The zero-order valence-corrected chi connectivity index (χ0v) is 13.9. The van der Waals surface area contributed by atoms with Crippen molar-refractivity contribution in [2.75, 3.05) is 6.54 Å². The molecule has 0 fully saturated rings. The van der Waals surface area contributed by atoms with Crippen molar-refractivity contribution in [2.45, 2.75) is 59.5 Å². The van der Waals surface area contributed by atoms with Gasteiger partial charge < -0.3 is 15.2 Å². The summed E-state index contributed by atoms with van der Waals surface area (Å²) in [5.41, 5.74) is 1.29. The molecular weight excluding hydrogens is 280 g/mol. The molecule has 2 amide bonds. The zero-order chi connectivity index (χ0) is 16.3. The van der Waals surface area contributed by atoms with Gasteiger partial charge in [0.05, 0.1) is 5.69 Å². The summed E-state index contributed by atoms with van der Waals surface area (Å²) in [7, 11) is 0. The maximum Gasteiger partial charge on any atom is 0.287 e. The second-order valence-electron chi connectivity index (χ2n) is 6.57. The first-order valence-electron chi connectivity index (χ1n) is 8.08. The van der Waals surface area contributed by atoms with Gasteiger partial charge in [-0.15, -0.1) is 0 Å². The normalized spacial score (nSPS) is 14.1. The van der Waals surface area contributed by atoms with Crippen molar-refractivity contribution in [2.24, 2.45) is 5.92 Å². The van der Waals surface area contributed by atoms with Crippen LogP contribution in [0.4, 0.5) is 0 Å². The van der Waals surface area contributed by atoms with Crippen LogP contribution in [0.2, 0.25) is 0 Å². The number of nitrogens with one attached hydrogen (secondary N) is 2. The average molecular weight is 306 g/mol. The third-order valence-electron chi connectivity index (χ3n) is 3.63. The summed E-state index contributed by atoms with van der Waals surface area (Å²) in [5, 5.41) is 5.75. The van der Waals surface area contributed by atoms with E-state index in [1.54, 1.807) is 0 Å². The third kappa shape index (κ3) is 3.67. The highest BCUT2D eigenvalue weighted by molar-refractivity contribution is 5.97. The van der Waals surface area contributed by atoms with Gasteiger partial charge in [0.15, 0.2) is 5.82 Å². The van der Waals surface area contributed by atoms with E-state index >= 15 is 0 Å². The highest BCUT2D eigenvalue weighted by Crippen LogP contribution is 2.21. The number of amides is 2. The van der Waals surface area contributed by atoms with Crippen LogP contribution >= 0.6 is 0 Å². The summed E-state index contributed by atoms with van der Waals surface area (Å²) in [4.78, 5) is 29.0. The highest BCUT2D eigenvalue weighted by Gasteiger charge is 2.27. The zero-order valence-electron chi connectivity index (χ0n) is 13.9. The van der Waals surface area contributed by atoms with E-state index in [4.69, 9.17) is 0 Å². The second kappa shape index (κ2) is 6.94. The van der Waals surface area contributed by atoms with Crippen molar-refractivity contribution in [3.05, 3.63) is 17.2 Å². The fourth-order valence-corrected chi connectivity index (χ4v) is 2.60. The van der Waals surface area contributed by atoms with Gasteiger partial charge in [-0.25, -0.2) is 4.98 Å². The molecule has 22 heavy (non-hydrogen) atoms. The minimum atomic E-state index is -0.194. The summed E-state index contributed by atoms with van der Waals surface area (Å²) in [6.07, 6.45) is 2.84. The summed E-state index contributed by atoms with van der Waals surface area (Å²) in [6.45, 7) is 9.27. The van der Waals surface area contributed by atoms with Crippen LogP contribution in [0.25, 0.3) is 0 Å². The van der Waals surface area contributed by atoms with Crippen molar-refractivity contribution in [1.29, 1.82) is 0 Å². The van der Waals surface area contributed by atoms with Crippen molar-refractivity contribution < 1.29 is 9.59 Å². The third-order valence-corrected chi connectivity index (χ3v) is 3.63. The fraction of sp³-hybridized carbons (Fsp3) is 0.688. The van der Waals surface area contributed by atoms with Gasteiger partial charge in [-0.05, 0) is 39.0 Å². The first kappa shape index (κ1) is 16.5. The standard InChI is InChI=1S/C16H26N4O2/c1-10(2)9-17-16(22)14-19-13(15(21)18-11(3)4)12-7-5-6-8-20(12)14/h10-11H,5-9H2,1-4H3,(H,17,22)(H,18,21). The molecule has 2 rings (SSSR count).